The summed E-state index contributed by atoms with van der Waals surface area (Å²) in [5.41, 5.74) is 11.4. The van der Waals surface area contributed by atoms with Crippen LogP contribution in [0.1, 0.15) is 12.0 Å². The molecule has 0 spiro atoms. The van der Waals surface area contributed by atoms with Crippen molar-refractivity contribution in [2.45, 2.75) is 24.9 Å². The summed E-state index contributed by atoms with van der Waals surface area (Å²) in [5.74, 6) is -3.27. The number of primary amides is 1. The van der Waals surface area contributed by atoms with Gasteiger partial charge in [-0.1, -0.05) is 18.2 Å². The van der Waals surface area contributed by atoms with Gasteiger partial charge in [0, 0.05) is 23.5 Å². The highest BCUT2D eigenvalue weighted by Gasteiger charge is 2.24. The summed E-state index contributed by atoms with van der Waals surface area (Å²) in [5, 5.41) is 19.2. The molecule has 1 aromatic carbocycles. The number of H-pyrrole nitrogens is 1. The van der Waals surface area contributed by atoms with Crippen molar-refractivity contribution in [3.05, 3.63) is 36.0 Å². The molecule has 9 nitrogen and oxygen atoms in total. The Morgan fingerprint density at radius 2 is 1.71 bits per heavy atom. The summed E-state index contributed by atoms with van der Waals surface area (Å²) < 4.78 is 0. The molecule has 7 N–H and O–H groups in total. The lowest BCUT2D eigenvalue weighted by molar-refractivity contribution is -0.143. The lowest BCUT2D eigenvalue weighted by Gasteiger charge is -2.19. The summed E-state index contributed by atoms with van der Waals surface area (Å²) in [4.78, 5) is 36.4. The summed E-state index contributed by atoms with van der Waals surface area (Å²) >= 11 is 0. The lowest BCUT2D eigenvalue weighted by atomic mass is 10.1. The van der Waals surface area contributed by atoms with Gasteiger partial charge in [-0.25, -0.2) is 10.9 Å². The standard InChI is InChI=1S/C15H18N4O5/c16-13(20)6-12(15(23)24)19-18-11(14(21)22)5-8-7-17-10-4-2-1-3-9(8)10/h1-4,7,11-12,17-19H,5-6H2,(H2,16,20)(H,21,22)(H,23,24)/t11-,12-/m0/s1. The van der Waals surface area contributed by atoms with Crippen LogP contribution in [0, 0.1) is 0 Å². The van der Waals surface area contributed by atoms with Gasteiger partial charge in [-0.3, -0.25) is 14.4 Å². The van der Waals surface area contributed by atoms with E-state index < -0.39 is 36.4 Å². The monoisotopic (exact) mass is 334 g/mol. The molecule has 9 heteroatoms. The van der Waals surface area contributed by atoms with E-state index in [1.165, 1.54) is 0 Å². The van der Waals surface area contributed by atoms with Gasteiger partial charge in [0.15, 0.2) is 0 Å². The average Bonchev–Trinajstić information content (AvgIpc) is 2.92. The molecule has 0 aliphatic rings. The Morgan fingerprint density at radius 3 is 2.33 bits per heavy atom. The van der Waals surface area contributed by atoms with E-state index in [0.29, 0.717) is 0 Å². The van der Waals surface area contributed by atoms with Crippen LogP contribution in [-0.4, -0.2) is 45.1 Å². The summed E-state index contributed by atoms with van der Waals surface area (Å²) in [6, 6.07) is 5.03. The topological polar surface area (TPSA) is 158 Å². The Balaban J connectivity index is 2.08. The molecule has 1 heterocycles. The maximum Gasteiger partial charge on any atom is 0.322 e. The molecular formula is C15H18N4O5. The first kappa shape index (κ1) is 17.4. The summed E-state index contributed by atoms with van der Waals surface area (Å²) in [6.45, 7) is 0. The maximum absolute atomic E-state index is 11.4. The molecule has 24 heavy (non-hydrogen) atoms. The molecule has 0 aliphatic carbocycles. The molecule has 128 valence electrons. The summed E-state index contributed by atoms with van der Waals surface area (Å²) in [6.07, 6.45) is 1.37. The minimum atomic E-state index is -1.31. The Morgan fingerprint density at radius 1 is 1.08 bits per heavy atom. The fourth-order valence-electron chi connectivity index (χ4n) is 2.32. The number of carbonyl (C=O) groups is 3. The number of hydrogen-bond donors (Lipinski definition) is 6. The minimum Gasteiger partial charge on any atom is -0.480 e. The van der Waals surface area contributed by atoms with E-state index in [4.69, 9.17) is 10.8 Å². The summed E-state index contributed by atoms with van der Waals surface area (Å²) in [7, 11) is 0. The molecule has 0 saturated carbocycles. The average molecular weight is 334 g/mol. The van der Waals surface area contributed by atoms with Crippen molar-refractivity contribution in [3.63, 3.8) is 0 Å². The van der Waals surface area contributed by atoms with Crippen molar-refractivity contribution < 1.29 is 24.6 Å². The van der Waals surface area contributed by atoms with E-state index in [1.54, 1.807) is 6.20 Å². The number of aromatic nitrogens is 1. The molecule has 2 atom stereocenters. The van der Waals surface area contributed by atoms with Crippen LogP contribution in [0.3, 0.4) is 0 Å². The van der Waals surface area contributed by atoms with Crippen molar-refractivity contribution in [1.82, 2.24) is 15.8 Å². The number of rotatable bonds is 9. The van der Waals surface area contributed by atoms with Gasteiger partial charge in [0.1, 0.15) is 12.1 Å². The largest absolute Gasteiger partial charge is 0.480 e. The molecule has 0 fully saturated rings. The van der Waals surface area contributed by atoms with Gasteiger partial charge in [0.05, 0.1) is 6.42 Å². The number of carboxylic acids is 2. The first-order valence-corrected chi connectivity index (χ1v) is 7.18. The van der Waals surface area contributed by atoms with E-state index in [1.807, 2.05) is 24.3 Å². The zero-order chi connectivity index (χ0) is 17.7. The van der Waals surface area contributed by atoms with E-state index in [9.17, 15) is 19.5 Å². The number of benzene rings is 1. The van der Waals surface area contributed by atoms with Crippen molar-refractivity contribution in [2.75, 3.05) is 0 Å². The number of nitrogens with two attached hydrogens (primary N) is 1. The molecule has 0 radical (unpaired) electrons. The number of carbonyl (C=O) groups excluding carboxylic acids is 1. The number of hydrogen-bond acceptors (Lipinski definition) is 5. The van der Waals surface area contributed by atoms with Gasteiger partial charge < -0.3 is 20.9 Å². The van der Waals surface area contributed by atoms with Crippen LogP contribution in [0.2, 0.25) is 0 Å². The van der Waals surface area contributed by atoms with Gasteiger partial charge in [-0.05, 0) is 11.6 Å². The molecule has 2 rings (SSSR count). The number of hydrazine groups is 1. The van der Waals surface area contributed by atoms with Crippen molar-refractivity contribution in [3.8, 4) is 0 Å². The lowest BCUT2D eigenvalue weighted by Crippen LogP contribution is -2.54. The fraction of sp³-hybridized carbons (Fsp3) is 0.267. The maximum atomic E-state index is 11.4. The molecular weight excluding hydrogens is 316 g/mol. The van der Waals surface area contributed by atoms with Gasteiger partial charge in [-0.2, -0.15) is 0 Å². The van der Waals surface area contributed by atoms with Crippen LogP contribution in [-0.2, 0) is 20.8 Å². The quantitative estimate of drug-likeness (QED) is 0.340. The van der Waals surface area contributed by atoms with E-state index in [-0.39, 0.29) is 6.42 Å². The predicted molar refractivity (Wildman–Crippen MR) is 84.9 cm³/mol. The van der Waals surface area contributed by atoms with Crippen LogP contribution < -0.4 is 16.6 Å². The van der Waals surface area contributed by atoms with Crippen molar-refractivity contribution >= 4 is 28.7 Å². The first-order valence-electron chi connectivity index (χ1n) is 7.18. The molecule has 2 aromatic rings. The fourth-order valence-corrected chi connectivity index (χ4v) is 2.32. The number of amides is 1. The predicted octanol–water partition coefficient (Wildman–Crippen LogP) is -0.414. The Labute approximate surface area is 136 Å². The van der Waals surface area contributed by atoms with Crippen LogP contribution >= 0.6 is 0 Å². The number of carboxylic acid groups (broad SMARTS) is 2. The third-order valence-corrected chi connectivity index (χ3v) is 3.53. The Hall–Kier alpha value is -2.91. The van der Waals surface area contributed by atoms with Gasteiger partial charge in [0.2, 0.25) is 5.91 Å². The minimum absolute atomic E-state index is 0.120. The third kappa shape index (κ3) is 4.31. The number of aliphatic carboxylic acids is 2. The number of para-hydroxylation sites is 1. The zero-order valence-electron chi connectivity index (χ0n) is 12.7. The van der Waals surface area contributed by atoms with Crippen LogP contribution in [0.5, 0.6) is 0 Å². The second-order valence-electron chi connectivity index (χ2n) is 5.30. The number of fused-ring (bicyclic) bond motifs is 1. The van der Waals surface area contributed by atoms with Gasteiger partial charge in [0.25, 0.3) is 0 Å². The molecule has 1 aromatic heterocycles. The van der Waals surface area contributed by atoms with Gasteiger partial charge >= 0.3 is 11.9 Å². The normalized spacial score (nSPS) is 13.5. The second kappa shape index (κ2) is 7.57. The Bertz CT molecular complexity index is 757. The third-order valence-electron chi connectivity index (χ3n) is 3.53. The van der Waals surface area contributed by atoms with Crippen LogP contribution in [0.15, 0.2) is 30.5 Å². The van der Waals surface area contributed by atoms with Gasteiger partial charge in [-0.15, -0.1) is 0 Å². The first-order chi connectivity index (χ1) is 11.4. The molecule has 0 bridgehead atoms. The van der Waals surface area contributed by atoms with Crippen molar-refractivity contribution in [1.29, 1.82) is 0 Å². The highest BCUT2D eigenvalue weighted by atomic mass is 16.4. The Kier molecular flexibility index (Phi) is 5.51. The second-order valence-corrected chi connectivity index (χ2v) is 5.30. The van der Waals surface area contributed by atoms with Crippen LogP contribution in [0.25, 0.3) is 10.9 Å². The molecule has 0 saturated heterocycles. The smallest absolute Gasteiger partial charge is 0.322 e. The van der Waals surface area contributed by atoms with Crippen LogP contribution in [0.4, 0.5) is 0 Å². The highest BCUT2D eigenvalue weighted by Crippen LogP contribution is 2.19. The zero-order valence-corrected chi connectivity index (χ0v) is 12.7. The molecule has 0 unspecified atom stereocenters. The van der Waals surface area contributed by atoms with E-state index >= 15 is 0 Å². The number of aromatic amines is 1. The SMILES string of the molecule is NC(=O)C[C@H](NN[C@@H](Cc1c[nH]c2ccccc12)C(=O)O)C(=O)O. The van der Waals surface area contributed by atoms with E-state index in [2.05, 4.69) is 15.8 Å². The highest BCUT2D eigenvalue weighted by molar-refractivity contribution is 5.85. The van der Waals surface area contributed by atoms with Crippen molar-refractivity contribution in [2.24, 2.45) is 5.73 Å². The molecule has 1 amide bonds. The number of nitrogens with one attached hydrogen (secondary N) is 3. The molecule has 0 aliphatic heterocycles. The van der Waals surface area contributed by atoms with E-state index in [0.717, 1.165) is 16.5 Å².